The van der Waals surface area contributed by atoms with Gasteiger partial charge in [0.05, 0.1) is 18.8 Å². The maximum absolute atomic E-state index is 13.2. The maximum Gasteiger partial charge on any atom is 0.225 e. The van der Waals surface area contributed by atoms with Crippen LogP contribution >= 0.6 is 0 Å². The summed E-state index contributed by atoms with van der Waals surface area (Å²) in [5.41, 5.74) is 0.436. The van der Waals surface area contributed by atoms with Gasteiger partial charge < -0.3 is 24.5 Å². The highest BCUT2D eigenvalue weighted by molar-refractivity contribution is 5.79. The Bertz CT molecular complexity index is 950. The quantitative estimate of drug-likeness (QED) is 0.724. The third-order valence-corrected chi connectivity index (χ3v) is 7.52. The molecule has 1 N–H and O–H groups in total. The summed E-state index contributed by atoms with van der Waals surface area (Å²) in [6.07, 6.45) is 5.23. The van der Waals surface area contributed by atoms with Crippen molar-refractivity contribution in [2.45, 2.75) is 37.7 Å². The summed E-state index contributed by atoms with van der Waals surface area (Å²) in [4.78, 5) is 28.6. The molecule has 0 spiro atoms. The van der Waals surface area contributed by atoms with Crippen LogP contribution in [0.25, 0.3) is 0 Å². The first-order chi connectivity index (χ1) is 16.6. The van der Waals surface area contributed by atoms with Crippen LogP contribution in [-0.2, 0) is 16.0 Å². The van der Waals surface area contributed by atoms with Crippen LogP contribution in [0.5, 0.6) is 0 Å². The van der Waals surface area contributed by atoms with Gasteiger partial charge in [-0.25, -0.2) is 9.97 Å². The highest BCUT2D eigenvalue weighted by atomic mass is 16.5. The molecular weight excluding hydrogens is 430 g/mol. The molecule has 1 aromatic heterocycles. The fourth-order valence-electron chi connectivity index (χ4n) is 5.39. The molecule has 1 aromatic carbocycles. The highest BCUT2D eigenvalue weighted by Crippen LogP contribution is 2.30. The summed E-state index contributed by atoms with van der Waals surface area (Å²) in [6.45, 7) is 6.07. The zero-order valence-corrected chi connectivity index (χ0v) is 19.8. The first-order valence-electron chi connectivity index (χ1n) is 12.5. The second kappa shape index (κ2) is 10.3. The molecule has 3 aliphatic heterocycles. The number of morpholine rings is 1. The molecule has 8 heteroatoms. The largest absolute Gasteiger partial charge is 0.389 e. The number of anilines is 2. The van der Waals surface area contributed by atoms with Gasteiger partial charge in [0.1, 0.15) is 18.0 Å². The van der Waals surface area contributed by atoms with E-state index < -0.39 is 5.60 Å². The van der Waals surface area contributed by atoms with Gasteiger partial charge in [-0.05, 0) is 31.2 Å². The number of piperidine rings is 2. The van der Waals surface area contributed by atoms with E-state index in [2.05, 4.69) is 38.0 Å². The van der Waals surface area contributed by atoms with Crippen LogP contribution in [-0.4, -0.2) is 84.0 Å². The number of carbonyl (C=O) groups is 1. The van der Waals surface area contributed by atoms with E-state index in [4.69, 9.17) is 4.74 Å². The van der Waals surface area contributed by atoms with E-state index >= 15 is 0 Å². The molecule has 0 bridgehead atoms. The fraction of sp³-hybridized carbons (Fsp3) is 0.577. The molecule has 182 valence electrons. The van der Waals surface area contributed by atoms with Gasteiger partial charge in [-0.2, -0.15) is 0 Å². The van der Waals surface area contributed by atoms with E-state index in [1.54, 1.807) is 6.33 Å². The van der Waals surface area contributed by atoms with E-state index in [0.29, 0.717) is 32.4 Å². The molecule has 34 heavy (non-hydrogen) atoms. The molecule has 0 aliphatic carbocycles. The van der Waals surface area contributed by atoms with Gasteiger partial charge in [0.15, 0.2) is 0 Å². The highest BCUT2D eigenvalue weighted by Gasteiger charge is 2.36. The second-order valence-corrected chi connectivity index (χ2v) is 9.81. The van der Waals surface area contributed by atoms with Crippen LogP contribution in [0.2, 0.25) is 0 Å². The Morgan fingerprint density at radius 1 is 0.941 bits per heavy atom. The Kier molecular flexibility index (Phi) is 6.97. The number of likely N-dealkylation sites (tertiary alicyclic amines) is 1. The molecule has 0 atom stereocenters. The lowest BCUT2D eigenvalue weighted by Gasteiger charge is -2.41. The molecule has 8 nitrogen and oxygen atoms in total. The zero-order chi connectivity index (χ0) is 23.4. The summed E-state index contributed by atoms with van der Waals surface area (Å²) in [5, 5.41) is 11.0. The van der Waals surface area contributed by atoms with E-state index in [1.807, 2.05) is 23.1 Å². The second-order valence-electron chi connectivity index (χ2n) is 9.81. The van der Waals surface area contributed by atoms with Gasteiger partial charge in [-0.1, -0.05) is 30.3 Å². The summed E-state index contributed by atoms with van der Waals surface area (Å²) in [7, 11) is 0. The van der Waals surface area contributed by atoms with Gasteiger partial charge in [-0.15, -0.1) is 0 Å². The number of ether oxygens (including phenoxy) is 1. The normalized spacial score (nSPS) is 21.5. The molecule has 0 unspecified atom stereocenters. The van der Waals surface area contributed by atoms with Crippen molar-refractivity contribution in [3.8, 4) is 0 Å². The van der Waals surface area contributed by atoms with Gasteiger partial charge in [0.2, 0.25) is 5.91 Å². The van der Waals surface area contributed by atoms with E-state index in [9.17, 15) is 9.90 Å². The summed E-state index contributed by atoms with van der Waals surface area (Å²) in [6, 6.07) is 12.2. The van der Waals surface area contributed by atoms with Gasteiger partial charge >= 0.3 is 0 Å². The summed E-state index contributed by atoms with van der Waals surface area (Å²) in [5.74, 6) is 2.18. The minimum absolute atomic E-state index is 0.0529. The Balaban J connectivity index is 1.12. The van der Waals surface area contributed by atoms with Crippen molar-refractivity contribution >= 4 is 17.5 Å². The lowest BCUT2D eigenvalue weighted by atomic mass is 9.84. The standard InChI is InChI=1S/C26H35N5O3/c32-25(31-12-8-26(33,9-13-31)19-21-4-2-1-3-5-21)22-6-10-29(11-7-22)23-18-24(28-20-27-23)30-14-16-34-17-15-30/h1-5,18,20,22,33H,6-17,19H2. The number of rotatable bonds is 5. The average Bonchev–Trinajstić information content (AvgIpc) is 2.90. The molecule has 0 radical (unpaired) electrons. The molecular formula is C26H35N5O3. The number of carbonyl (C=O) groups excluding carboxylic acids is 1. The monoisotopic (exact) mass is 465 g/mol. The first kappa shape index (κ1) is 23.1. The first-order valence-corrected chi connectivity index (χ1v) is 12.5. The number of hydrogen-bond donors (Lipinski definition) is 1. The van der Waals surface area contributed by atoms with Crippen molar-refractivity contribution < 1.29 is 14.6 Å². The number of nitrogens with zero attached hydrogens (tertiary/aromatic N) is 5. The van der Waals surface area contributed by atoms with E-state index in [0.717, 1.165) is 69.4 Å². The molecule has 3 saturated heterocycles. The van der Waals surface area contributed by atoms with Crippen LogP contribution < -0.4 is 9.80 Å². The van der Waals surface area contributed by atoms with Gasteiger partial charge in [-0.3, -0.25) is 4.79 Å². The van der Waals surface area contributed by atoms with Gasteiger partial charge in [0, 0.05) is 57.7 Å². The van der Waals surface area contributed by atoms with Crippen LogP contribution in [0.3, 0.4) is 0 Å². The number of hydrogen-bond acceptors (Lipinski definition) is 7. The molecule has 5 rings (SSSR count). The maximum atomic E-state index is 13.2. The van der Waals surface area contributed by atoms with Gasteiger partial charge in [0.25, 0.3) is 0 Å². The number of aliphatic hydroxyl groups is 1. The van der Waals surface area contributed by atoms with Crippen molar-refractivity contribution in [1.82, 2.24) is 14.9 Å². The zero-order valence-electron chi connectivity index (χ0n) is 19.8. The van der Waals surface area contributed by atoms with E-state index in [1.165, 1.54) is 0 Å². The molecule has 4 heterocycles. The summed E-state index contributed by atoms with van der Waals surface area (Å²) >= 11 is 0. The molecule has 1 amide bonds. The topological polar surface area (TPSA) is 82.0 Å². The Morgan fingerprint density at radius 2 is 1.56 bits per heavy atom. The third kappa shape index (κ3) is 5.33. The molecule has 2 aromatic rings. The SMILES string of the molecule is O=C(C1CCN(c2cc(N3CCOCC3)ncn2)CC1)N1CCC(O)(Cc2ccccc2)CC1. The predicted molar refractivity (Wildman–Crippen MR) is 131 cm³/mol. The Hall–Kier alpha value is -2.71. The minimum Gasteiger partial charge on any atom is -0.389 e. The summed E-state index contributed by atoms with van der Waals surface area (Å²) < 4.78 is 5.44. The molecule has 3 aliphatic rings. The number of aromatic nitrogens is 2. The third-order valence-electron chi connectivity index (χ3n) is 7.52. The van der Waals surface area contributed by atoms with Crippen molar-refractivity contribution in [2.75, 3.05) is 62.3 Å². The van der Waals surface area contributed by atoms with Crippen LogP contribution in [0.1, 0.15) is 31.2 Å². The van der Waals surface area contributed by atoms with Crippen LogP contribution in [0.4, 0.5) is 11.6 Å². The lowest BCUT2D eigenvalue weighted by molar-refractivity contribution is -0.140. The Labute approximate surface area is 201 Å². The Morgan fingerprint density at radius 3 is 2.21 bits per heavy atom. The average molecular weight is 466 g/mol. The number of amides is 1. The lowest BCUT2D eigenvalue weighted by Crippen LogP contribution is -2.50. The van der Waals surface area contributed by atoms with Crippen molar-refractivity contribution in [3.63, 3.8) is 0 Å². The van der Waals surface area contributed by atoms with Crippen LogP contribution in [0, 0.1) is 5.92 Å². The smallest absolute Gasteiger partial charge is 0.225 e. The van der Waals surface area contributed by atoms with Crippen molar-refractivity contribution in [3.05, 3.63) is 48.3 Å². The predicted octanol–water partition coefficient (Wildman–Crippen LogP) is 2.13. The van der Waals surface area contributed by atoms with Crippen LogP contribution in [0.15, 0.2) is 42.7 Å². The van der Waals surface area contributed by atoms with Crippen molar-refractivity contribution in [2.24, 2.45) is 5.92 Å². The minimum atomic E-state index is -0.716. The fourth-order valence-corrected chi connectivity index (χ4v) is 5.39. The van der Waals surface area contributed by atoms with E-state index in [-0.39, 0.29) is 11.8 Å². The van der Waals surface area contributed by atoms with Crippen molar-refractivity contribution in [1.29, 1.82) is 0 Å². The number of benzene rings is 1. The molecule has 0 saturated carbocycles. The molecule has 3 fully saturated rings.